The molecule has 0 radical (unpaired) electrons. The number of rotatable bonds is 4. The molecule has 0 bridgehead atoms. The van der Waals surface area contributed by atoms with Gasteiger partial charge in [-0.3, -0.25) is 14.2 Å². The molecule has 1 aromatic carbocycles. The minimum Gasteiger partial charge on any atom is -0.377 e. The first-order valence-corrected chi connectivity index (χ1v) is 9.51. The summed E-state index contributed by atoms with van der Waals surface area (Å²) in [5.41, 5.74) is 4.86. The lowest BCUT2D eigenvalue weighted by atomic mass is 10.0. The van der Waals surface area contributed by atoms with Gasteiger partial charge in [-0.15, -0.1) is 0 Å². The molecule has 2 aromatic heterocycles. The fraction of sp³-hybridized carbons (Fsp3) is 0.381. The fourth-order valence-corrected chi connectivity index (χ4v) is 3.92. The van der Waals surface area contributed by atoms with Gasteiger partial charge in [0, 0.05) is 31.0 Å². The molecule has 0 saturated carbocycles. The van der Waals surface area contributed by atoms with E-state index in [1.165, 1.54) is 5.56 Å². The molecule has 1 fully saturated rings. The molecular weight excluding hydrogens is 354 g/mol. The lowest BCUT2D eigenvalue weighted by Gasteiger charge is -2.36. The maximum absolute atomic E-state index is 13.2. The number of hydrogen-bond donors (Lipinski definition) is 0. The summed E-state index contributed by atoms with van der Waals surface area (Å²) in [6.07, 6.45) is 1.65. The number of morpholine rings is 1. The van der Waals surface area contributed by atoms with Crippen LogP contribution in [-0.4, -0.2) is 50.1 Å². The highest BCUT2D eigenvalue weighted by Crippen LogP contribution is 2.31. The lowest BCUT2D eigenvalue weighted by Crippen LogP contribution is -2.44. The molecule has 0 N–H and O–H groups in total. The Labute approximate surface area is 164 Å². The van der Waals surface area contributed by atoms with Crippen LogP contribution in [0.3, 0.4) is 0 Å². The summed E-state index contributed by atoms with van der Waals surface area (Å²) < 4.78 is 9.38. The molecule has 1 aliphatic heterocycles. The van der Waals surface area contributed by atoms with Crippen LogP contribution in [0, 0.1) is 13.8 Å². The molecule has 3 heterocycles. The van der Waals surface area contributed by atoms with Gasteiger partial charge in [0.15, 0.2) is 0 Å². The molecule has 0 unspecified atom stereocenters. The van der Waals surface area contributed by atoms with E-state index >= 15 is 0 Å². The standard InChI is InChI=1S/C21H25N5O2/c1-15-20(16(2)26(23-15)13-17-7-5-4-6-8-17)19-14-28-12-11-25(19)21(27)18-9-10-22-24(18)3/h4-10,19H,11-14H2,1-3H3/t19-/m1/s1. The molecule has 1 aliphatic rings. The van der Waals surface area contributed by atoms with Gasteiger partial charge >= 0.3 is 0 Å². The minimum absolute atomic E-state index is 0.0251. The fourth-order valence-electron chi connectivity index (χ4n) is 3.92. The molecule has 3 aromatic rings. The van der Waals surface area contributed by atoms with Crippen LogP contribution in [0.25, 0.3) is 0 Å². The first-order valence-electron chi connectivity index (χ1n) is 9.51. The largest absolute Gasteiger partial charge is 0.377 e. The van der Waals surface area contributed by atoms with Crippen LogP contribution in [0.4, 0.5) is 0 Å². The van der Waals surface area contributed by atoms with E-state index in [1.54, 1.807) is 24.0 Å². The van der Waals surface area contributed by atoms with Gasteiger partial charge in [-0.1, -0.05) is 30.3 Å². The maximum Gasteiger partial charge on any atom is 0.272 e. The molecule has 1 amide bonds. The Morgan fingerprint density at radius 3 is 2.71 bits per heavy atom. The number of carbonyl (C=O) groups excluding carboxylic acids is 1. The first-order chi connectivity index (χ1) is 13.6. The minimum atomic E-state index is -0.152. The van der Waals surface area contributed by atoms with E-state index in [4.69, 9.17) is 9.84 Å². The number of amides is 1. The smallest absolute Gasteiger partial charge is 0.272 e. The van der Waals surface area contributed by atoms with Crippen LogP contribution in [0.15, 0.2) is 42.6 Å². The van der Waals surface area contributed by atoms with Gasteiger partial charge in [0.1, 0.15) is 5.69 Å². The van der Waals surface area contributed by atoms with Crippen molar-refractivity contribution in [3.8, 4) is 0 Å². The third kappa shape index (κ3) is 3.33. The van der Waals surface area contributed by atoms with E-state index in [9.17, 15) is 4.79 Å². The summed E-state index contributed by atoms with van der Waals surface area (Å²) in [5, 5.41) is 8.90. The van der Waals surface area contributed by atoms with Crippen molar-refractivity contribution in [3.63, 3.8) is 0 Å². The van der Waals surface area contributed by atoms with Crippen LogP contribution in [0.2, 0.25) is 0 Å². The van der Waals surface area contributed by atoms with Crippen molar-refractivity contribution < 1.29 is 9.53 Å². The van der Waals surface area contributed by atoms with Crippen molar-refractivity contribution in [1.82, 2.24) is 24.5 Å². The lowest BCUT2D eigenvalue weighted by molar-refractivity contribution is -0.00361. The second-order valence-electron chi connectivity index (χ2n) is 7.16. The summed E-state index contributed by atoms with van der Waals surface area (Å²) in [4.78, 5) is 15.1. The van der Waals surface area contributed by atoms with E-state index < -0.39 is 0 Å². The van der Waals surface area contributed by atoms with Gasteiger partial charge in [-0.25, -0.2) is 0 Å². The van der Waals surface area contributed by atoms with Crippen molar-refractivity contribution in [2.24, 2.45) is 7.05 Å². The van der Waals surface area contributed by atoms with E-state index in [2.05, 4.69) is 24.2 Å². The average Bonchev–Trinajstić information content (AvgIpc) is 3.25. The number of aromatic nitrogens is 4. The summed E-state index contributed by atoms with van der Waals surface area (Å²) in [6, 6.07) is 11.9. The summed E-state index contributed by atoms with van der Waals surface area (Å²) in [7, 11) is 1.79. The number of benzene rings is 1. The first kappa shape index (κ1) is 18.4. The van der Waals surface area contributed by atoms with Gasteiger partial charge in [-0.2, -0.15) is 10.2 Å². The number of ether oxygens (including phenoxy) is 1. The highest BCUT2D eigenvalue weighted by molar-refractivity contribution is 5.93. The molecule has 146 valence electrons. The molecular formula is C21H25N5O2. The molecule has 1 saturated heterocycles. The normalized spacial score (nSPS) is 17.1. The quantitative estimate of drug-likeness (QED) is 0.699. The third-order valence-electron chi connectivity index (χ3n) is 5.38. The summed E-state index contributed by atoms with van der Waals surface area (Å²) in [5.74, 6) is -0.0251. The molecule has 1 atom stereocenters. The third-order valence-corrected chi connectivity index (χ3v) is 5.38. The molecule has 7 nitrogen and oxygen atoms in total. The summed E-state index contributed by atoms with van der Waals surface area (Å²) >= 11 is 0. The second kappa shape index (κ2) is 7.59. The number of hydrogen-bond acceptors (Lipinski definition) is 4. The van der Waals surface area contributed by atoms with E-state index in [0.717, 1.165) is 17.0 Å². The highest BCUT2D eigenvalue weighted by atomic mass is 16.5. The van der Waals surface area contributed by atoms with Gasteiger partial charge in [0.05, 0.1) is 31.5 Å². The molecule has 0 spiro atoms. The van der Waals surface area contributed by atoms with E-state index in [-0.39, 0.29) is 11.9 Å². The molecule has 0 aliphatic carbocycles. The van der Waals surface area contributed by atoms with Crippen LogP contribution in [0.5, 0.6) is 0 Å². The van der Waals surface area contributed by atoms with Crippen LogP contribution in [0.1, 0.15) is 39.0 Å². The highest BCUT2D eigenvalue weighted by Gasteiger charge is 2.34. The predicted octanol–water partition coefficient (Wildman–Crippen LogP) is 2.50. The Hall–Kier alpha value is -2.93. The number of carbonyl (C=O) groups is 1. The van der Waals surface area contributed by atoms with Crippen molar-refractivity contribution in [2.45, 2.75) is 26.4 Å². The van der Waals surface area contributed by atoms with Crippen LogP contribution >= 0.6 is 0 Å². The SMILES string of the molecule is Cc1nn(Cc2ccccc2)c(C)c1[C@H]1COCCN1C(=O)c1ccnn1C. The second-order valence-corrected chi connectivity index (χ2v) is 7.16. The van der Waals surface area contributed by atoms with Gasteiger partial charge in [0.25, 0.3) is 5.91 Å². The summed E-state index contributed by atoms with van der Waals surface area (Å²) in [6.45, 7) is 6.34. The van der Waals surface area contributed by atoms with Crippen LogP contribution < -0.4 is 0 Å². The van der Waals surface area contributed by atoms with E-state index in [1.807, 2.05) is 34.7 Å². The Balaban J connectivity index is 1.66. The molecule has 4 rings (SSSR count). The molecule has 7 heteroatoms. The van der Waals surface area contributed by atoms with Crippen molar-refractivity contribution in [1.29, 1.82) is 0 Å². The van der Waals surface area contributed by atoms with E-state index in [0.29, 0.717) is 32.0 Å². The van der Waals surface area contributed by atoms with Gasteiger partial charge in [0.2, 0.25) is 0 Å². The number of aryl methyl sites for hydroxylation is 2. The predicted molar refractivity (Wildman–Crippen MR) is 105 cm³/mol. The van der Waals surface area contributed by atoms with Crippen molar-refractivity contribution >= 4 is 5.91 Å². The maximum atomic E-state index is 13.2. The van der Waals surface area contributed by atoms with Gasteiger partial charge in [-0.05, 0) is 25.5 Å². The Kier molecular flexibility index (Phi) is 5.00. The Morgan fingerprint density at radius 2 is 2.00 bits per heavy atom. The van der Waals surface area contributed by atoms with Gasteiger partial charge < -0.3 is 9.64 Å². The Morgan fingerprint density at radius 1 is 1.21 bits per heavy atom. The topological polar surface area (TPSA) is 65.2 Å². The average molecular weight is 379 g/mol. The van der Waals surface area contributed by atoms with Crippen LogP contribution in [-0.2, 0) is 18.3 Å². The number of nitrogens with zero attached hydrogens (tertiary/aromatic N) is 5. The van der Waals surface area contributed by atoms with Crippen molar-refractivity contribution in [2.75, 3.05) is 19.8 Å². The van der Waals surface area contributed by atoms with Crippen molar-refractivity contribution in [3.05, 3.63) is 70.8 Å². The molecule has 28 heavy (non-hydrogen) atoms. The Bertz CT molecular complexity index is 976. The zero-order valence-corrected chi connectivity index (χ0v) is 16.5. The monoisotopic (exact) mass is 379 g/mol. The zero-order chi connectivity index (χ0) is 19.7. The zero-order valence-electron chi connectivity index (χ0n) is 16.5.